The Bertz CT molecular complexity index is 430. The molecule has 0 spiro atoms. The molecule has 1 fully saturated rings. The Kier molecular flexibility index (Phi) is 6.65. The van der Waals surface area contributed by atoms with Gasteiger partial charge in [0.1, 0.15) is 0 Å². The summed E-state index contributed by atoms with van der Waals surface area (Å²) in [7, 11) is 0. The van der Waals surface area contributed by atoms with Crippen LogP contribution in [0.25, 0.3) is 0 Å². The lowest BCUT2D eigenvalue weighted by molar-refractivity contribution is -0.117. The Labute approximate surface area is 124 Å². The molecule has 106 valence electrons. The maximum absolute atomic E-state index is 11.9. The van der Waals surface area contributed by atoms with Crippen LogP contribution in [-0.2, 0) is 4.79 Å². The number of hydrogen-bond acceptors (Lipinski definition) is 4. The number of halogens is 1. The van der Waals surface area contributed by atoms with Gasteiger partial charge in [0.05, 0.1) is 12.2 Å². The highest BCUT2D eigenvalue weighted by atomic mass is 35.5. The van der Waals surface area contributed by atoms with Crippen LogP contribution >= 0.6 is 24.2 Å². The molecule has 3 N–H and O–H groups in total. The number of benzene rings is 1. The van der Waals surface area contributed by atoms with E-state index in [0.29, 0.717) is 6.54 Å². The third-order valence-corrected chi connectivity index (χ3v) is 3.85. The van der Waals surface area contributed by atoms with Crippen molar-refractivity contribution < 1.29 is 4.79 Å². The molecule has 0 bridgehead atoms. The minimum absolute atomic E-state index is 0. The fourth-order valence-electron chi connectivity index (χ4n) is 2.15. The van der Waals surface area contributed by atoms with E-state index in [-0.39, 0.29) is 24.4 Å². The molecule has 19 heavy (non-hydrogen) atoms. The number of amides is 1. The molecular weight excluding hydrogens is 282 g/mol. The molecule has 0 aliphatic carbocycles. The van der Waals surface area contributed by atoms with Gasteiger partial charge in [-0.2, -0.15) is 0 Å². The first-order valence-electron chi connectivity index (χ1n) is 6.10. The smallest absolute Gasteiger partial charge is 0.238 e. The first-order valence-corrected chi connectivity index (χ1v) is 7.32. The first-order chi connectivity index (χ1) is 8.69. The molecule has 1 aromatic rings. The molecule has 0 saturated carbocycles. The third kappa shape index (κ3) is 4.69. The summed E-state index contributed by atoms with van der Waals surface area (Å²) < 4.78 is 0. The van der Waals surface area contributed by atoms with Crippen molar-refractivity contribution in [2.45, 2.75) is 17.4 Å². The summed E-state index contributed by atoms with van der Waals surface area (Å²) in [6.07, 6.45) is 2.99. The van der Waals surface area contributed by atoms with Crippen LogP contribution in [0.4, 0.5) is 5.69 Å². The molecule has 1 saturated heterocycles. The summed E-state index contributed by atoms with van der Waals surface area (Å²) in [5.74, 6) is 0.0330. The minimum Gasteiger partial charge on any atom is -0.326 e. The molecule has 4 nitrogen and oxygen atoms in total. The second-order valence-electron chi connectivity index (χ2n) is 4.53. The number of rotatable bonds is 4. The molecular formula is C13H20ClN3OS. The highest BCUT2D eigenvalue weighted by molar-refractivity contribution is 7.98. The molecule has 0 aromatic heterocycles. The topological polar surface area (TPSA) is 58.4 Å². The van der Waals surface area contributed by atoms with E-state index in [1.54, 1.807) is 11.8 Å². The largest absolute Gasteiger partial charge is 0.326 e. The summed E-state index contributed by atoms with van der Waals surface area (Å²) in [5.41, 5.74) is 6.71. The highest BCUT2D eigenvalue weighted by Crippen LogP contribution is 2.24. The molecule has 1 aromatic carbocycles. The lowest BCUT2D eigenvalue weighted by Gasteiger charge is -2.15. The van der Waals surface area contributed by atoms with Crippen LogP contribution in [0, 0.1) is 0 Å². The fourth-order valence-corrected chi connectivity index (χ4v) is 2.70. The van der Waals surface area contributed by atoms with Gasteiger partial charge in [0.25, 0.3) is 0 Å². The zero-order valence-corrected chi connectivity index (χ0v) is 12.6. The molecule has 6 heteroatoms. The third-order valence-electron chi connectivity index (χ3n) is 3.06. The van der Waals surface area contributed by atoms with Gasteiger partial charge >= 0.3 is 0 Å². The van der Waals surface area contributed by atoms with Crippen LogP contribution in [0.2, 0.25) is 0 Å². The van der Waals surface area contributed by atoms with Crippen LogP contribution in [-0.4, -0.2) is 42.7 Å². The first kappa shape index (κ1) is 16.3. The van der Waals surface area contributed by atoms with Gasteiger partial charge in [0.2, 0.25) is 5.91 Å². The van der Waals surface area contributed by atoms with Crippen molar-refractivity contribution in [3.63, 3.8) is 0 Å². The number of hydrogen-bond donors (Lipinski definition) is 2. The second kappa shape index (κ2) is 7.75. The Morgan fingerprint density at radius 2 is 2.26 bits per heavy atom. The second-order valence-corrected chi connectivity index (χ2v) is 5.38. The predicted octanol–water partition coefficient (Wildman–Crippen LogP) is 1.80. The van der Waals surface area contributed by atoms with E-state index in [1.807, 2.05) is 30.5 Å². The number of anilines is 1. The number of nitrogens with zero attached hydrogens (tertiary/aromatic N) is 1. The standard InChI is InChI=1S/C13H19N3OS.ClH/c1-18-12-5-3-2-4-11(12)15-13(17)9-16-7-6-10(14)8-16;/h2-5,10H,6-9,14H2,1H3,(H,15,17);1H/t10-;/m0./s1. The number of nitrogens with one attached hydrogen (secondary N) is 1. The van der Waals surface area contributed by atoms with Crippen molar-refractivity contribution in [2.75, 3.05) is 31.2 Å². The maximum atomic E-state index is 11.9. The van der Waals surface area contributed by atoms with E-state index >= 15 is 0 Å². The van der Waals surface area contributed by atoms with E-state index in [4.69, 9.17) is 5.73 Å². The van der Waals surface area contributed by atoms with Crippen LogP contribution < -0.4 is 11.1 Å². The van der Waals surface area contributed by atoms with E-state index in [1.165, 1.54) is 0 Å². The molecule has 1 amide bonds. The Morgan fingerprint density at radius 1 is 1.53 bits per heavy atom. The summed E-state index contributed by atoms with van der Waals surface area (Å²) in [6, 6.07) is 8.06. The quantitative estimate of drug-likeness (QED) is 0.833. The van der Waals surface area contributed by atoms with Crippen molar-refractivity contribution >= 4 is 35.8 Å². The minimum atomic E-state index is 0. The van der Waals surface area contributed by atoms with E-state index in [2.05, 4.69) is 10.2 Å². The normalized spacial score (nSPS) is 18.9. The van der Waals surface area contributed by atoms with Gasteiger partial charge in [0.15, 0.2) is 0 Å². The van der Waals surface area contributed by atoms with Crippen LogP contribution in [0.5, 0.6) is 0 Å². The van der Waals surface area contributed by atoms with Crippen LogP contribution in [0.3, 0.4) is 0 Å². The lowest BCUT2D eigenvalue weighted by Crippen LogP contribution is -2.33. The van der Waals surface area contributed by atoms with Crippen LogP contribution in [0.15, 0.2) is 29.2 Å². The van der Waals surface area contributed by atoms with Crippen molar-refractivity contribution in [3.05, 3.63) is 24.3 Å². The van der Waals surface area contributed by atoms with E-state index < -0.39 is 0 Å². The molecule has 0 radical (unpaired) electrons. The number of para-hydroxylation sites is 1. The van der Waals surface area contributed by atoms with Gasteiger partial charge in [-0.15, -0.1) is 24.2 Å². The van der Waals surface area contributed by atoms with Gasteiger partial charge in [-0.1, -0.05) is 12.1 Å². The number of thioether (sulfide) groups is 1. The molecule has 0 unspecified atom stereocenters. The lowest BCUT2D eigenvalue weighted by atomic mass is 10.3. The number of likely N-dealkylation sites (tertiary alicyclic amines) is 1. The highest BCUT2D eigenvalue weighted by Gasteiger charge is 2.21. The van der Waals surface area contributed by atoms with E-state index in [9.17, 15) is 4.79 Å². The summed E-state index contributed by atoms with van der Waals surface area (Å²) in [4.78, 5) is 15.1. The predicted molar refractivity (Wildman–Crippen MR) is 83.1 cm³/mol. The van der Waals surface area contributed by atoms with Gasteiger partial charge < -0.3 is 11.1 Å². The van der Waals surface area contributed by atoms with Crippen molar-refractivity contribution in [2.24, 2.45) is 5.73 Å². The van der Waals surface area contributed by atoms with Gasteiger partial charge in [-0.3, -0.25) is 9.69 Å². The summed E-state index contributed by atoms with van der Waals surface area (Å²) in [5, 5.41) is 2.96. The molecule has 1 aliphatic rings. The van der Waals surface area contributed by atoms with Gasteiger partial charge in [-0.25, -0.2) is 0 Å². The van der Waals surface area contributed by atoms with Crippen LogP contribution in [0.1, 0.15) is 6.42 Å². The van der Waals surface area contributed by atoms with Crippen molar-refractivity contribution in [1.82, 2.24) is 4.90 Å². The average Bonchev–Trinajstić information content (AvgIpc) is 2.75. The Hall–Kier alpha value is -0.750. The zero-order valence-electron chi connectivity index (χ0n) is 11.0. The fraction of sp³-hybridized carbons (Fsp3) is 0.462. The molecule has 1 aliphatic heterocycles. The van der Waals surface area contributed by atoms with Crippen molar-refractivity contribution in [3.8, 4) is 0 Å². The Balaban J connectivity index is 0.00000180. The average molecular weight is 302 g/mol. The molecule has 1 atom stereocenters. The summed E-state index contributed by atoms with van der Waals surface area (Å²) in [6.45, 7) is 2.16. The van der Waals surface area contributed by atoms with E-state index in [0.717, 1.165) is 30.1 Å². The zero-order chi connectivity index (χ0) is 13.0. The van der Waals surface area contributed by atoms with Gasteiger partial charge in [0, 0.05) is 24.0 Å². The number of nitrogens with two attached hydrogens (primary N) is 1. The SMILES string of the molecule is CSc1ccccc1NC(=O)CN1CC[C@H](N)C1.Cl. The summed E-state index contributed by atoms with van der Waals surface area (Å²) >= 11 is 1.63. The van der Waals surface area contributed by atoms with Crippen molar-refractivity contribution in [1.29, 1.82) is 0 Å². The molecule has 2 rings (SSSR count). The molecule has 1 heterocycles. The maximum Gasteiger partial charge on any atom is 0.238 e. The number of carbonyl (C=O) groups is 1. The Morgan fingerprint density at radius 3 is 2.89 bits per heavy atom. The monoisotopic (exact) mass is 301 g/mol. The number of carbonyl (C=O) groups excluding carboxylic acids is 1. The van der Waals surface area contributed by atoms with Gasteiger partial charge in [-0.05, 0) is 24.8 Å².